The molecule has 0 bridgehead atoms. The van der Waals surface area contributed by atoms with Gasteiger partial charge in [0.15, 0.2) is 0 Å². The molecular formula is C16H25N3. The van der Waals surface area contributed by atoms with E-state index in [1.807, 2.05) is 0 Å². The number of nitrogens with zero attached hydrogens (tertiary/aromatic N) is 2. The number of piperidine rings is 1. The summed E-state index contributed by atoms with van der Waals surface area (Å²) < 4.78 is 0. The Kier molecular flexibility index (Phi) is 3.76. The predicted molar refractivity (Wildman–Crippen MR) is 80.6 cm³/mol. The number of benzene rings is 1. The molecule has 2 aliphatic heterocycles. The maximum absolute atomic E-state index is 5.96. The van der Waals surface area contributed by atoms with Crippen molar-refractivity contribution in [2.45, 2.75) is 38.3 Å². The minimum atomic E-state index is 0.433. The largest absolute Gasteiger partial charge is 0.367 e. The summed E-state index contributed by atoms with van der Waals surface area (Å²) in [5.74, 6) is 0. The first kappa shape index (κ1) is 12.9. The number of hydrogen-bond acceptors (Lipinski definition) is 3. The number of hydrogen-bond donors (Lipinski definition) is 1. The van der Waals surface area contributed by atoms with Gasteiger partial charge in [0.05, 0.1) is 0 Å². The smallest absolute Gasteiger partial charge is 0.0402 e. The predicted octanol–water partition coefficient (Wildman–Crippen LogP) is 1.86. The number of para-hydroxylation sites is 1. The fourth-order valence-electron chi connectivity index (χ4n) is 3.40. The number of anilines is 1. The van der Waals surface area contributed by atoms with Crippen LogP contribution in [0.2, 0.25) is 0 Å². The van der Waals surface area contributed by atoms with Gasteiger partial charge in [-0.2, -0.15) is 0 Å². The highest BCUT2D eigenvalue weighted by molar-refractivity contribution is 5.59. The molecule has 1 atom stereocenters. The average Bonchev–Trinajstić information content (AvgIpc) is 2.74. The van der Waals surface area contributed by atoms with Crippen LogP contribution in [0.3, 0.4) is 0 Å². The molecule has 2 heterocycles. The van der Waals surface area contributed by atoms with Crippen molar-refractivity contribution in [2.75, 3.05) is 31.1 Å². The third-order valence-electron chi connectivity index (χ3n) is 4.64. The van der Waals surface area contributed by atoms with Gasteiger partial charge < -0.3 is 15.5 Å². The molecular weight excluding hydrogens is 234 g/mol. The van der Waals surface area contributed by atoms with Crippen LogP contribution < -0.4 is 10.6 Å². The maximum atomic E-state index is 5.96. The third-order valence-corrected chi connectivity index (χ3v) is 4.64. The fraction of sp³-hybridized carbons (Fsp3) is 0.625. The lowest BCUT2D eigenvalue weighted by atomic mass is 10.1. The number of fused-ring (bicyclic) bond motifs is 1. The highest BCUT2D eigenvalue weighted by atomic mass is 15.2. The van der Waals surface area contributed by atoms with Crippen molar-refractivity contribution >= 4 is 5.69 Å². The molecule has 1 saturated heterocycles. The summed E-state index contributed by atoms with van der Waals surface area (Å²) in [4.78, 5) is 5.14. The quantitative estimate of drug-likeness (QED) is 0.899. The summed E-state index contributed by atoms with van der Waals surface area (Å²) in [7, 11) is 0. The van der Waals surface area contributed by atoms with E-state index in [9.17, 15) is 0 Å². The van der Waals surface area contributed by atoms with Gasteiger partial charge in [-0.3, -0.25) is 0 Å². The van der Waals surface area contributed by atoms with Crippen LogP contribution in [-0.4, -0.2) is 43.2 Å². The van der Waals surface area contributed by atoms with Crippen LogP contribution in [-0.2, 0) is 6.42 Å². The van der Waals surface area contributed by atoms with Gasteiger partial charge in [-0.05, 0) is 50.9 Å². The summed E-state index contributed by atoms with van der Waals surface area (Å²) in [6.45, 7) is 7.00. The molecule has 19 heavy (non-hydrogen) atoms. The van der Waals surface area contributed by atoms with Crippen molar-refractivity contribution in [3.8, 4) is 0 Å². The summed E-state index contributed by atoms with van der Waals surface area (Å²) in [5.41, 5.74) is 8.92. The van der Waals surface area contributed by atoms with Gasteiger partial charge in [-0.15, -0.1) is 0 Å². The molecule has 0 amide bonds. The molecule has 1 aromatic rings. The monoisotopic (exact) mass is 259 g/mol. The lowest BCUT2D eigenvalue weighted by Gasteiger charge is -2.33. The number of rotatable bonds is 3. The highest BCUT2D eigenvalue weighted by Crippen LogP contribution is 2.31. The van der Waals surface area contributed by atoms with E-state index in [4.69, 9.17) is 5.73 Å². The Balaban J connectivity index is 1.58. The van der Waals surface area contributed by atoms with Crippen LogP contribution in [0.1, 0.15) is 25.3 Å². The van der Waals surface area contributed by atoms with Crippen molar-refractivity contribution in [2.24, 2.45) is 5.73 Å². The van der Waals surface area contributed by atoms with E-state index in [0.717, 1.165) is 19.4 Å². The molecule has 0 aliphatic carbocycles. The summed E-state index contributed by atoms with van der Waals surface area (Å²) in [6.07, 6.45) is 3.51. The SMILES string of the molecule is CC1Cc2ccccc2N1CCN1CCC(N)CC1. The van der Waals surface area contributed by atoms with Crippen molar-refractivity contribution in [3.63, 3.8) is 0 Å². The van der Waals surface area contributed by atoms with Crippen LogP contribution in [0.15, 0.2) is 24.3 Å². The first-order valence-corrected chi connectivity index (χ1v) is 7.56. The lowest BCUT2D eigenvalue weighted by Crippen LogP contribution is -2.44. The first-order chi connectivity index (χ1) is 9.24. The van der Waals surface area contributed by atoms with Gasteiger partial charge in [-0.1, -0.05) is 18.2 Å². The van der Waals surface area contributed by atoms with Crippen LogP contribution in [0.5, 0.6) is 0 Å². The second kappa shape index (κ2) is 5.51. The van der Waals surface area contributed by atoms with E-state index >= 15 is 0 Å². The Morgan fingerprint density at radius 1 is 1.16 bits per heavy atom. The van der Waals surface area contributed by atoms with Crippen molar-refractivity contribution < 1.29 is 0 Å². The molecule has 1 unspecified atom stereocenters. The Labute approximate surface area is 116 Å². The van der Waals surface area contributed by atoms with Gasteiger partial charge in [0.2, 0.25) is 0 Å². The Bertz CT molecular complexity index is 424. The van der Waals surface area contributed by atoms with Gasteiger partial charge in [0.1, 0.15) is 0 Å². The van der Waals surface area contributed by atoms with Crippen molar-refractivity contribution in [1.29, 1.82) is 0 Å². The van der Waals surface area contributed by atoms with Crippen molar-refractivity contribution in [3.05, 3.63) is 29.8 Å². The van der Waals surface area contributed by atoms with E-state index in [1.165, 1.54) is 37.3 Å². The van der Waals surface area contributed by atoms with E-state index < -0.39 is 0 Å². The highest BCUT2D eigenvalue weighted by Gasteiger charge is 2.26. The molecule has 0 saturated carbocycles. The van der Waals surface area contributed by atoms with E-state index in [0.29, 0.717) is 12.1 Å². The fourth-order valence-corrected chi connectivity index (χ4v) is 3.40. The molecule has 3 rings (SSSR count). The maximum Gasteiger partial charge on any atom is 0.0402 e. The molecule has 3 heteroatoms. The van der Waals surface area contributed by atoms with Crippen LogP contribution >= 0.6 is 0 Å². The topological polar surface area (TPSA) is 32.5 Å². The summed E-state index contributed by atoms with van der Waals surface area (Å²) >= 11 is 0. The second-order valence-electron chi connectivity index (χ2n) is 6.05. The third kappa shape index (κ3) is 2.77. The standard InChI is InChI=1S/C16H25N3/c1-13-12-14-4-2-3-5-16(14)19(13)11-10-18-8-6-15(17)7-9-18/h2-5,13,15H,6-12,17H2,1H3. The minimum absolute atomic E-state index is 0.433. The van der Waals surface area contributed by atoms with Gasteiger partial charge in [-0.25, -0.2) is 0 Å². The molecule has 3 nitrogen and oxygen atoms in total. The zero-order valence-electron chi connectivity index (χ0n) is 11.9. The molecule has 2 aliphatic rings. The van der Waals surface area contributed by atoms with E-state index in [1.54, 1.807) is 0 Å². The van der Waals surface area contributed by atoms with Crippen LogP contribution in [0.25, 0.3) is 0 Å². The molecule has 0 radical (unpaired) electrons. The summed E-state index contributed by atoms with van der Waals surface area (Å²) in [5, 5.41) is 0. The van der Waals surface area contributed by atoms with Gasteiger partial charge in [0.25, 0.3) is 0 Å². The zero-order valence-corrected chi connectivity index (χ0v) is 11.9. The summed E-state index contributed by atoms with van der Waals surface area (Å²) in [6, 6.07) is 9.92. The molecule has 0 spiro atoms. The van der Waals surface area contributed by atoms with E-state index in [2.05, 4.69) is 41.0 Å². The van der Waals surface area contributed by atoms with Crippen LogP contribution in [0, 0.1) is 0 Å². The Morgan fingerprint density at radius 2 is 1.89 bits per heavy atom. The lowest BCUT2D eigenvalue weighted by molar-refractivity contribution is 0.216. The Hall–Kier alpha value is -1.06. The number of likely N-dealkylation sites (tertiary alicyclic amines) is 1. The molecule has 1 fully saturated rings. The van der Waals surface area contributed by atoms with Crippen LogP contribution in [0.4, 0.5) is 5.69 Å². The van der Waals surface area contributed by atoms with Gasteiger partial charge >= 0.3 is 0 Å². The molecule has 1 aromatic carbocycles. The van der Waals surface area contributed by atoms with Gasteiger partial charge in [0, 0.05) is 30.9 Å². The molecule has 0 aromatic heterocycles. The Morgan fingerprint density at radius 3 is 2.68 bits per heavy atom. The molecule has 104 valence electrons. The normalized spacial score (nSPS) is 24.7. The average molecular weight is 259 g/mol. The minimum Gasteiger partial charge on any atom is -0.367 e. The first-order valence-electron chi connectivity index (χ1n) is 7.56. The number of nitrogens with two attached hydrogens (primary N) is 1. The van der Waals surface area contributed by atoms with E-state index in [-0.39, 0.29) is 0 Å². The zero-order chi connectivity index (χ0) is 13.2. The molecule has 2 N–H and O–H groups in total. The second-order valence-corrected chi connectivity index (χ2v) is 6.05. The van der Waals surface area contributed by atoms with Crippen molar-refractivity contribution in [1.82, 2.24) is 4.90 Å².